The number of thioether (sulfide) groups is 1. The first-order valence-corrected chi connectivity index (χ1v) is 11.9. The zero-order valence-electron chi connectivity index (χ0n) is 18.4. The van der Waals surface area contributed by atoms with Crippen LogP contribution < -0.4 is 10.6 Å². The molecular weight excluding hydrogens is 454 g/mol. The number of hydrogen-bond donors (Lipinski definition) is 2. The van der Waals surface area contributed by atoms with E-state index < -0.39 is 0 Å². The zero-order chi connectivity index (χ0) is 23.2. The third kappa shape index (κ3) is 5.74. The van der Waals surface area contributed by atoms with Gasteiger partial charge >= 0.3 is 0 Å². The van der Waals surface area contributed by atoms with Crippen molar-refractivity contribution in [3.05, 3.63) is 94.8 Å². The number of benzene rings is 3. The van der Waals surface area contributed by atoms with Gasteiger partial charge in [-0.3, -0.25) is 9.36 Å². The Labute approximate surface area is 202 Å². The van der Waals surface area contributed by atoms with E-state index >= 15 is 0 Å². The van der Waals surface area contributed by atoms with E-state index in [2.05, 4.69) is 39.9 Å². The minimum absolute atomic E-state index is 0.132. The highest BCUT2D eigenvalue weighted by atomic mass is 35.5. The maximum absolute atomic E-state index is 12.6. The number of hydrogen-bond acceptors (Lipinski definition) is 5. The summed E-state index contributed by atoms with van der Waals surface area (Å²) in [5.74, 6) is 0.824. The van der Waals surface area contributed by atoms with Crippen molar-refractivity contribution in [3.63, 3.8) is 0 Å². The van der Waals surface area contributed by atoms with Gasteiger partial charge in [-0.1, -0.05) is 65.3 Å². The fraction of sp³-hybridized carbons (Fsp3) is 0.160. The van der Waals surface area contributed by atoms with Gasteiger partial charge in [0.1, 0.15) is 0 Å². The predicted molar refractivity (Wildman–Crippen MR) is 135 cm³/mol. The molecule has 1 heterocycles. The van der Waals surface area contributed by atoms with Crippen molar-refractivity contribution in [1.29, 1.82) is 0 Å². The number of nitrogens with one attached hydrogen (secondary N) is 2. The van der Waals surface area contributed by atoms with Gasteiger partial charge in [0.05, 0.1) is 12.3 Å². The normalized spacial score (nSPS) is 10.8. The Kier molecular flexibility index (Phi) is 7.32. The summed E-state index contributed by atoms with van der Waals surface area (Å²) >= 11 is 7.50. The molecule has 1 amide bonds. The molecule has 3 aromatic carbocycles. The molecule has 4 rings (SSSR count). The van der Waals surface area contributed by atoms with Crippen molar-refractivity contribution in [1.82, 2.24) is 14.8 Å². The minimum Gasteiger partial charge on any atom is -0.378 e. The number of rotatable bonds is 8. The second kappa shape index (κ2) is 10.6. The van der Waals surface area contributed by atoms with Crippen LogP contribution in [0.3, 0.4) is 0 Å². The van der Waals surface area contributed by atoms with Gasteiger partial charge in [0.15, 0.2) is 11.0 Å². The summed E-state index contributed by atoms with van der Waals surface area (Å²) in [6.45, 7) is 4.44. The van der Waals surface area contributed by atoms with Gasteiger partial charge in [-0.25, -0.2) is 0 Å². The highest BCUT2D eigenvalue weighted by Gasteiger charge is 2.16. The minimum atomic E-state index is -0.132. The van der Waals surface area contributed by atoms with Crippen LogP contribution in [-0.4, -0.2) is 26.4 Å². The van der Waals surface area contributed by atoms with Crippen LogP contribution in [-0.2, 0) is 11.3 Å². The Bertz CT molecular complexity index is 1240. The fourth-order valence-corrected chi connectivity index (χ4v) is 4.20. The van der Waals surface area contributed by atoms with E-state index in [-0.39, 0.29) is 11.7 Å². The summed E-state index contributed by atoms with van der Waals surface area (Å²) in [6, 6.07) is 23.6. The molecule has 0 fully saturated rings. The van der Waals surface area contributed by atoms with Crippen molar-refractivity contribution in [2.24, 2.45) is 0 Å². The summed E-state index contributed by atoms with van der Waals surface area (Å²) in [6.07, 6.45) is 0. The lowest BCUT2D eigenvalue weighted by atomic mass is 10.2. The van der Waals surface area contributed by atoms with Crippen LogP contribution in [0.4, 0.5) is 11.4 Å². The molecule has 33 heavy (non-hydrogen) atoms. The van der Waals surface area contributed by atoms with E-state index in [4.69, 9.17) is 11.6 Å². The topological polar surface area (TPSA) is 71.8 Å². The van der Waals surface area contributed by atoms with E-state index in [1.807, 2.05) is 66.1 Å². The lowest BCUT2D eigenvalue weighted by Crippen LogP contribution is -2.15. The number of anilines is 2. The van der Waals surface area contributed by atoms with E-state index in [1.54, 1.807) is 6.07 Å². The van der Waals surface area contributed by atoms with Crippen LogP contribution in [0.15, 0.2) is 78.0 Å². The van der Waals surface area contributed by atoms with E-state index in [0.29, 0.717) is 22.4 Å². The maximum Gasteiger partial charge on any atom is 0.234 e. The molecule has 0 bridgehead atoms. The summed E-state index contributed by atoms with van der Waals surface area (Å²) in [5.41, 5.74) is 4.71. The van der Waals surface area contributed by atoms with Gasteiger partial charge in [0, 0.05) is 22.1 Å². The van der Waals surface area contributed by atoms with Crippen molar-refractivity contribution in [2.45, 2.75) is 25.5 Å². The van der Waals surface area contributed by atoms with Crippen molar-refractivity contribution < 1.29 is 4.79 Å². The maximum atomic E-state index is 12.6. The third-order valence-corrected chi connectivity index (χ3v) is 6.43. The van der Waals surface area contributed by atoms with Crippen molar-refractivity contribution in [2.75, 3.05) is 16.4 Å². The second-order valence-corrected chi connectivity index (χ2v) is 8.89. The zero-order valence-corrected chi connectivity index (χ0v) is 20.0. The number of nitrogens with zero attached hydrogens (tertiary/aromatic N) is 3. The number of para-hydroxylation sites is 1. The van der Waals surface area contributed by atoms with Crippen LogP contribution in [0.25, 0.3) is 5.69 Å². The number of aromatic nitrogens is 3. The molecule has 168 valence electrons. The van der Waals surface area contributed by atoms with E-state index in [0.717, 1.165) is 22.8 Å². The number of amides is 1. The Morgan fingerprint density at radius 2 is 1.73 bits per heavy atom. The molecular formula is C25H24ClN5OS. The Hall–Kier alpha value is -3.29. The molecule has 1 aromatic heterocycles. The molecule has 4 aromatic rings. The molecule has 0 unspecified atom stereocenters. The van der Waals surface area contributed by atoms with Crippen molar-refractivity contribution in [3.8, 4) is 5.69 Å². The molecule has 8 heteroatoms. The fourth-order valence-electron chi connectivity index (χ4n) is 3.26. The summed E-state index contributed by atoms with van der Waals surface area (Å²) in [4.78, 5) is 12.6. The standard InChI is InChI=1S/C25H24ClN5OS/c1-17-11-13-19(14-12-17)27-15-23-29-30-25(31(23)20-7-4-3-5-8-20)33-16-24(32)28-22-10-6-9-21(26)18(22)2/h3-14,27H,15-16H2,1-2H3,(H,28,32). The highest BCUT2D eigenvalue weighted by Crippen LogP contribution is 2.25. The van der Waals surface area contributed by atoms with Crippen LogP contribution in [0, 0.1) is 13.8 Å². The number of carbonyl (C=O) groups excluding carboxylic acids is 1. The quantitative estimate of drug-likeness (QED) is 0.310. The molecule has 0 saturated heterocycles. The summed E-state index contributed by atoms with van der Waals surface area (Å²) < 4.78 is 1.98. The van der Waals surface area contributed by atoms with Crippen molar-refractivity contribution >= 4 is 40.6 Å². The molecule has 0 aliphatic carbocycles. The number of halogens is 1. The highest BCUT2D eigenvalue weighted by molar-refractivity contribution is 7.99. The first-order valence-electron chi connectivity index (χ1n) is 10.5. The SMILES string of the molecule is Cc1ccc(NCc2nnc(SCC(=O)Nc3cccc(Cl)c3C)n2-c2ccccc2)cc1. The van der Waals surface area contributed by atoms with Gasteiger partial charge in [-0.05, 0) is 55.8 Å². The van der Waals surface area contributed by atoms with Crippen LogP contribution in [0.5, 0.6) is 0 Å². The van der Waals surface area contributed by atoms with Gasteiger partial charge in [0.2, 0.25) is 5.91 Å². The molecule has 0 aliphatic heterocycles. The van der Waals surface area contributed by atoms with Crippen LogP contribution in [0.1, 0.15) is 17.0 Å². The largest absolute Gasteiger partial charge is 0.378 e. The average Bonchev–Trinajstić information content (AvgIpc) is 3.24. The Balaban J connectivity index is 1.49. The smallest absolute Gasteiger partial charge is 0.234 e. The summed E-state index contributed by atoms with van der Waals surface area (Å²) in [5, 5.41) is 16.4. The van der Waals surface area contributed by atoms with Gasteiger partial charge in [-0.2, -0.15) is 0 Å². The molecule has 2 N–H and O–H groups in total. The van der Waals surface area contributed by atoms with Crippen LogP contribution in [0.2, 0.25) is 5.02 Å². The second-order valence-electron chi connectivity index (χ2n) is 7.54. The molecule has 0 aliphatic rings. The van der Waals surface area contributed by atoms with E-state index in [1.165, 1.54) is 17.3 Å². The Morgan fingerprint density at radius 3 is 2.48 bits per heavy atom. The summed E-state index contributed by atoms with van der Waals surface area (Å²) in [7, 11) is 0. The van der Waals surface area contributed by atoms with Crippen LogP contribution >= 0.6 is 23.4 Å². The predicted octanol–water partition coefficient (Wildman–Crippen LogP) is 5.88. The molecule has 0 spiro atoms. The third-order valence-electron chi connectivity index (χ3n) is 5.09. The molecule has 0 saturated carbocycles. The monoisotopic (exact) mass is 477 g/mol. The molecule has 6 nitrogen and oxygen atoms in total. The number of carbonyl (C=O) groups is 1. The lowest BCUT2D eigenvalue weighted by Gasteiger charge is -2.12. The van der Waals surface area contributed by atoms with E-state index in [9.17, 15) is 4.79 Å². The molecule has 0 radical (unpaired) electrons. The number of aryl methyl sites for hydroxylation is 1. The van der Waals surface area contributed by atoms with Gasteiger partial charge in [-0.15, -0.1) is 10.2 Å². The lowest BCUT2D eigenvalue weighted by molar-refractivity contribution is -0.113. The molecule has 0 atom stereocenters. The average molecular weight is 478 g/mol. The first-order chi connectivity index (χ1) is 16.0. The van der Waals surface area contributed by atoms with Gasteiger partial charge < -0.3 is 10.6 Å². The Morgan fingerprint density at radius 1 is 0.970 bits per heavy atom. The first kappa shape index (κ1) is 22.9. The van der Waals surface area contributed by atoms with Gasteiger partial charge in [0.25, 0.3) is 0 Å².